The van der Waals surface area contributed by atoms with Crippen molar-refractivity contribution < 1.29 is 4.74 Å². The van der Waals surface area contributed by atoms with Crippen LogP contribution in [-0.2, 0) is 13.1 Å². The Morgan fingerprint density at radius 2 is 1.62 bits per heavy atom. The van der Waals surface area contributed by atoms with Crippen molar-refractivity contribution in [2.45, 2.75) is 25.9 Å². The van der Waals surface area contributed by atoms with Gasteiger partial charge in [0, 0.05) is 52.9 Å². The minimum absolute atomic E-state index is 0. The van der Waals surface area contributed by atoms with Gasteiger partial charge < -0.3 is 20.3 Å². The number of halogens is 1. The van der Waals surface area contributed by atoms with E-state index in [1.165, 1.54) is 37.2 Å². The van der Waals surface area contributed by atoms with Crippen LogP contribution >= 0.6 is 24.0 Å². The first-order chi connectivity index (χ1) is 15.3. The molecule has 0 saturated carbocycles. The highest BCUT2D eigenvalue weighted by molar-refractivity contribution is 14.0. The molecule has 1 saturated heterocycles. The Morgan fingerprint density at radius 3 is 2.34 bits per heavy atom. The molecule has 0 aromatic heterocycles. The van der Waals surface area contributed by atoms with Crippen LogP contribution in [0, 0.1) is 0 Å². The summed E-state index contributed by atoms with van der Waals surface area (Å²) < 4.78 is 5.28. The van der Waals surface area contributed by atoms with Gasteiger partial charge in [-0.25, -0.2) is 0 Å². The number of hydrogen-bond acceptors (Lipinski definition) is 4. The lowest BCUT2D eigenvalue weighted by molar-refractivity contribution is 0.126. The van der Waals surface area contributed by atoms with Crippen LogP contribution in [0.25, 0.3) is 0 Å². The minimum atomic E-state index is 0. The molecule has 1 aliphatic rings. The van der Waals surface area contributed by atoms with E-state index in [9.17, 15) is 0 Å². The normalized spacial score (nSPS) is 15.1. The number of nitrogens with one attached hydrogen (secondary N) is 2. The first kappa shape index (κ1) is 26.4. The SMILES string of the molecule is CN=C(NCCCCN1CCN(Cc2ccccc2)CC1)NCc1cccc(OC)c1.I. The average molecular weight is 552 g/mol. The molecule has 1 fully saturated rings. The predicted octanol–water partition coefficient (Wildman–Crippen LogP) is 3.58. The summed E-state index contributed by atoms with van der Waals surface area (Å²) in [4.78, 5) is 9.48. The third-order valence-corrected chi connectivity index (χ3v) is 5.73. The van der Waals surface area contributed by atoms with Crippen LogP contribution in [0.2, 0.25) is 0 Å². The van der Waals surface area contributed by atoms with Crippen LogP contribution in [0.4, 0.5) is 0 Å². The molecule has 0 amide bonds. The second-order valence-electron chi connectivity index (χ2n) is 8.01. The van der Waals surface area contributed by atoms with Gasteiger partial charge in [-0.3, -0.25) is 9.89 Å². The van der Waals surface area contributed by atoms with Gasteiger partial charge in [-0.15, -0.1) is 24.0 Å². The van der Waals surface area contributed by atoms with E-state index in [1.807, 2.05) is 25.2 Å². The first-order valence-corrected chi connectivity index (χ1v) is 11.3. The number of guanidine groups is 1. The summed E-state index contributed by atoms with van der Waals surface area (Å²) in [5, 5.41) is 6.79. The van der Waals surface area contributed by atoms with E-state index >= 15 is 0 Å². The zero-order chi connectivity index (χ0) is 21.7. The third kappa shape index (κ3) is 9.34. The van der Waals surface area contributed by atoms with Crippen molar-refractivity contribution in [1.29, 1.82) is 0 Å². The molecule has 1 aliphatic heterocycles. The first-order valence-electron chi connectivity index (χ1n) is 11.3. The van der Waals surface area contributed by atoms with Crippen LogP contribution in [-0.4, -0.2) is 69.2 Å². The van der Waals surface area contributed by atoms with Crippen LogP contribution in [0.15, 0.2) is 59.6 Å². The van der Waals surface area contributed by atoms with Crippen molar-refractivity contribution in [3.63, 3.8) is 0 Å². The van der Waals surface area contributed by atoms with Gasteiger partial charge >= 0.3 is 0 Å². The molecule has 3 rings (SSSR count). The van der Waals surface area contributed by atoms with Gasteiger partial charge in [0.15, 0.2) is 5.96 Å². The fourth-order valence-electron chi connectivity index (χ4n) is 3.87. The fraction of sp³-hybridized carbons (Fsp3) is 0.480. The molecular weight excluding hydrogens is 513 g/mol. The molecule has 0 atom stereocenters. The van der Waals surface area contributed by atoms with E-state index in [0.29, 0.717) is 0 Å². The van der Waals surface area contributed by atoms with Gasteiger partial charge in [0.05, 0.1) is 7.11 Å². The van der Waals surface area contributed by atoms with Gasteiger partial charge in [-0.1, -0.05) is 42.5 Å². The monoisotopic (exact) mass is 551 g/mol. The van der Waals surface area contributed by atoms with E-state index in [4.69, 9.17) is 4.74 Å². The summed E-state index contributed by atoms with van der Waals surface area (Å²) in [5.41, 5.74) is 2.59. The lowest BCUT2D eigenvalue weighted by Gasteiger charge is -2.34. The van der Waals surface area contributed by atoms with E-state index in [2.05, 4.69) is 61.8 Å². The van der Waals surface area contributed by atoms with Crippen LogP contribution in [0.3, 0.4) is 0 Å². The summed E-state index contributed by atoms with van der Waals surface area (Å²) in [7, 11) is 3.51. The quantitative estimate of drug-likeness (QED) is 0.205. The second-order valence-corrected chi connectivity index (χ2v) is 8.01. The molecule has 2 aromatic rings. The maximum absolute atomic E-state index is 5.28. The summed E-state index contributed by atoms with van der Waals surface area (Å²) in [6.07, 6.45) is 2.35. The Morgan fingerprint density at radius 1 is 0.906 bits per heavy atom. The number of benzene rings is 2. The number of aliphatic imine (C=N–C) groups is 1. The number of unbranched alkanes of at least 4 members (excludes halogenated alkanes) is 1. The lowest BCUT2D eigenvalue weighted by atomic mass is 10.2. The molecule has 0 bridgehead atoms. The van der Waals surface area contributed by atoms with Gasteiger partial charge in [0.2, 0.25) is 0 Å². The molecule has 0 radical (unpaired) electrons. The topological polar surface area (TPSA) is 52.1 Å². The standard InChI is InChI=1S/C25H37N5O.HI/c1-26-25(28-20-23-11-8-12-24(19-23)31-2)27-13-6-7-14-29-15-17-30(18-16-29)21-22-9-4-3-5-10-22;/h3-5,8-12,19H,6-7,13-18,20-21H2,1-2H3,(H2,26,27,28);1H. The maximum Gasteiger partial charge on any atom is 0.191 e. The molecule has 6 nitrogen and oxygen atoms in total. The molecule has 1 heterocycles. The van der Waals surface area contributed by atoms with E-state index < -0.39 is 0 Å². The highest BCUT2D eigenvalue weighted by atomic mass is 127. The Balaban J connectivity index is 0.00000363. The van der Waals surface area contributed by atoms with Crippen molar-refractivity contribution in [3.05, 3.63) is 65.7 Å². The van der Waals surface area contributed by atoms with Crippen molar-refractivity contribution in [3.8, 4) is 5.75 Å². The predicted molar refractivity (Wildman–Crippen MR) is 144 cm³/mol. The van der Waals surface area contributed by atoms with Crippen molar-refractivity contribution in [2.24, 2.45) is 4.99 Å². The number of hydrogen-bond donors (Lipinski definition) is 2. The van der Waals surface area contributed by atoms with E-state index in [-0.39, 0.29) is 24.0 Å². The van der Waals surface area contributed by atoms with Gasteiger partial charge in [0.25, 0.3) is 0 Å². The molecule has 32 heavy (non-hydrogen) atoms. The van der Waals surface area contributed by atoms with Crippen molar-refractivity contribution in [2.75, 3.05) is 53.4 Å². The summed E-state index contributed by atoms with van der Waals surface area (Å²) in [6, 6.07) is 18.9. The molecule has 2 aromatic carbocycles. The molecule has 7 heteroatoms. The highest BCUT2D eigenvalue weighted by Gasteiger charge is 2.16. The Labute approximate surface area is 210 Å². The van der Waals surface area contributed by atoms with Gasteiger partial charge in [-0.05, 0) is 42.6 Å². The average Bonchev–Trinajstić information content (AvgIpc) is 2.82. The largest absolute Gasteiger partial charge is 0.497 e. The van der Waals surface area contributed by atoms with Crippen LogP contribution < -0.4 is 15.4 Å². The van der Waals surface area contributed by atoms with Crippen molar-refractivity contribution in [1.82, 2.24) is 20.4 Å². The Bertz CT molecular complexity index is 794. The van der Waals surface area contributed by atoms with Crippen LogP contribution in [0.5, 0.6) is 5.75 Å². The summed E-state index contributed by atoms with van der Waals surface area (Å²) in [6.45, 7) is 8.57. The molecule has 0 unspecified atom stereocenters. The van der Waals surface area contributed by atoms with Gasteiger partial charge in [0.1, 0.15) is 5.75 Å². The van der Waals surface area contributed by atoms with Gasteiger partial charge in [-0.2, -0.15) is 0 Å². The highest BCUT2D eigenvalue weighted by Crippen LogP contribution is 2.12. The lowest BCUT2D eigenvalue weighted by Crippen LogP contribution is -2.46. The molecule has 0 aliphatic carbocycles. The molecular formula is C25H38IN5O. The summed E-state index contributed by atoms with van der Waals surface area (Å²) >= 11 is 0. The number of rotatable bonds is 10. The second kappa shape index (κ2) is 15.1. The number of ether oxygens (including phenoxy) is 1. The van der Waals surface area contributed by atoms with Crippen molar-refractivity contribution >= 4 is 29.9 Å². The van der Waals surface area contributed by atoms with E-state index in [1.54, 1.807) is 7.11 Å². The summed E-state index contributed by atoms with van der Waals surface area (Å²) in [5.74, 6) is 1.72. The number of piperazine rings is 1. The smallest absolute Gasteiger partial charge is 0.191 e. The molecule has 176 valence electrons. The maximum atomic E-state index is 5.28. The zero-order valence-corrected chi connectivity index (χ0v) is 21.8. The fourth-order valence-corrected chi connectivity index (χ4v) is 3.87. The van der Waals surface area contributed by atoms with Crippen LogP contribution in [0.1, 0.15) is 24.0 Å². The minimum Gasteiger partial charge on any atom is -0.497 e. The zero-order valence-electron chi connectivity index (χ0n) is 19.4. The van der Waals surface area contributed by atoms with E-state index in [0.717, 1.165) is 50.9 Å². The molecule has 2 N–H and O–H groups in total. The number of nitrogens with zero attached hydrogens (tertiary/aromatic N) is 3. The Hall–Kier alpha value is -1.84. The third-order valence-electron chi connectivity index (χ3n) is 5.73. The Kier molecular flexibility index (Phi) is 12.4. The number of methoxy groups -OCH3 is 1. The molecule has 0 spiro atoms.